The van der Waals surface area contributed by atoms with Crippen LogP contribution in [0.1, 0.15) is 39.4 Å². The molecule has 0 saturated carbocycles. The lowest BCUT2D eigenvalue weighted by Crippen LogP contribution is -2.42. The van der Waals surface area contributed by atoms with Gasteiger partial charge >= 0.3 is 6.09 Å². The lowest BCUT2D eigenvalue weighted by Gasteiger charge is -2.34. The molecule has 3 heterocycles. The summed E-state index contributed by atoms with van der Waals surface area (Å²) in [7, 11) is 0. The highest BCUT2D eigenvalue weighted by Gasteiger charge is 2.30. The van der Waals surface area contributed by atoms with Crippen LogP contribution < -0.4 is 0 Å². The first-order valence-electron chi connectivity index (χ1n) is 7.38. The number of rotatable bonds is 0. The van der Waals surface area contributed by atoms with Crippen molar-refractivity contribution < 1.29 is 13.9 Å². The van der Waals surface area contributed by atoms with E-state index in [1.807, 2.05) is 33.8 Å². The zero-order valence-electron chi connectivity index (χ0n) is 13.3. The first kappa shape index (κ1) is 14.8. The van der Waals surface area contributed by atoms with E-state index < -0.39 is 5.60 Å². The Morgan fingerprint density at radius 3 is 2.82 bits per heavy atom. The van der Waals surface area contributed by atoms with Crippen molar-refractivity contribution in [3.05, 3.63) is 29.8 Å². The van der Waals surface area contributed by atoms with Crippen molar-refractivity contribution in [2.45, 2.75) is 45.9 Å². The molecular weight excluding hydrogens is 285 g/mol. The topological polar surface area (TPSA) is 47.4 Å². The molecule has 0 unspecified atom stereocenters. The van der Waals surface area contributed by atoms with Gasteiger partial charge in [-0.15, -0.1) is 0 Å². The number of carbonyl (C=O) groups excluding carboxylic acids is 1. The average Bonchev–Trinajstić information content (AvgIpc) is 2.74. The maximum absolute atomic E-state index is 13.3. The fraction of sp³-hybridized carbons (Fsp3) is 0.500. The molecule has 118 valence electrons. The minimum atomic E-state index is -0.519. The second kappa shape index (κ2) is 4.97. The number of pyridine rings is 1. The smallest absolute Gasteiger partial charge is 0.410 e. The number of ether oxygens (including phenoxy) is 1. The van der Waals surface area contributed by atoms with Gasteiger partial charge in [0.25, 0.3) is 0 Å². The Balaban J connectivity index is 1.93. The van der Waals surface area contributed by atoms with Gasteiger partial charge in [-0.1, -0.05) is 0 Å². The fourth-order valence-electron chi connectivity index (χ4n) is 2.88. The van der Waals surface area contributed by atoms with Crippen molar-refractivity contribution in [3.63, 3.8) is 0 Å². The molecule has 1 atom stereocenters. The van der Waals surface area contributed by atoms with Gasteiger partial charge in [0, 0.05) is 17.6 Å². The molecule has 6 heteroatoms. The van der Waals surface area contributed by atoms with Crippen LogP contribution in [0.5, 0.6) is 0 Å². The Labute approximate surface area is 128 Å². The molecule has 1 aliphatic heterocycles. The van der Waals surface area contributed by atoms with Crippen molar-refractivity contribution >= 4 is 17.1 Å². The molecule has 0 bridgehead atoms. The molecule has 0 aliphatic carbocycles. The van der Waals surface area contributed by atoms with Gasteiger partial charge in [-0.2, -0.15) is 0 Å². The van der Waals surface area contributed by atoms with Gasteiger partial charge in [-0.3, -0.25) is 0 Å². The van der Waals surface area contributed by atoms with Gasteiger partial charge < -0.3 is 14.2 Å². The third kappa shape index (κ3) is 2.65. The van der Waals surface area contributed by atoms with Crippen molar-refractivity contribution in [2.24, 2.45) is 0 Å². The lowest BCUT2D eigenvalue weighted by atomic mass is 10.2. The van der Waals surface area contributed by atoms with E-state index >= 15 is 0 Å². The Kier molecular flexibility index (Phi) is 3.34. The normalized spacial score (nSPS) is 18.4. The number of nitrogens with zero attached hydrogens (tertiary/aromatic N) is 3. The first-order valence-corrected chi connectivity index (χ1v) is 7.38. The molecule has 0 radical (unpaired) electrons. The van der Waals surface area contributed by atoms with E-state index in [1.54, 1.807) is 4.90 Å². The summed E-state index contributed by atoms with van der Waals surface area (Å²) >= 11 is 0. The predicted octanol–water partition coefficient (Wildman–Crippen LogP) is 3.49. The van der Waals surface area contributed by atoms with E-state index in [2.05, 4.69) is 9.55 Å². The molecule has 1 amide bonds. The first-order chi connectivity index (χ1) is 10.2. The third-order valence-electron chi connectivity index (χ3n) is 3.65. The summed E-state index contributed by atoms with van der Waals surface area (Å²) in [5.41, 5.74) is 1.18. The van der Waals surface area contributed by atoms with Crippen LogP contribution in [0.4, 0.5) is 9.18 Å². The van der Waals surface area contributed by atoms with Crippen LogP contribution in [0.15, 0.2) is 18.3 Å². The zero-order valence-corrected chi connectivity index (χ0v) is 13.3. The van der Waals surface area contributed by atoms with Crippen LogP contribution in [-0.4, -0.2) is 32.7 Å². The van der Waals surface area contributed by atoms with E-state index in [4.69, 9.17) is 4.74 Å². The number of fused-ring (bicyclic) bond motifs is 3. The zero-order chi connectivity index (χ0) is 16.1. The highest BCUT2D eigenvalue weighted by molar-refractivity contribution is 5.78. The minimum Gasteiger partial charge on any atom is -0.444 e. The molecule has 3 rings (SSSR count). The molecule has 2 aromatic rings. The van der Waals surface area contributed by atoms with E-state index in [0.717, 1.165) is 16.7 Å². The largest absolute Gasteiger partial charge is 0.444 e. The van der Waals surface area contributed by atoms with Crippen LogP contribution >= 0.6 is 0 Å². The molecule has 0 N–H and O–H groups in total. The molecule has 5 nitrogen and oxygen atoms in total. The lowest BCUT2D eigenvalue weighted by molar-refractivity contribution is 0.0175. The highest BCUT2D eigenvalue weighted by atomic mass is 19.1. The Bertz CT molecular complexity index is 733. The van der Waals surface area contributed by atoms with Gasteiger partial charge in [0.1, 0.15) is 17.1 Å². The van der Waals surface area contributed by atoms with Crippen molar-refractivity contribution in [3.8, 4) is 0 Å². The van der Waals surface area contributed by atoms with Crippen LogP contribution in [-0.2, 0) is 11.3 Å². The average molecular weight is 305 g/mol. The summed E-state index contributed by atoms with van der Waals surface area (Å²) in [5, 5.41) is 0.757. The molecule has 0 spiro atoms. The summed E-state index contributed by atoms with van der Waals surface area (Å²) < 4.78 is 20.8. The molecule has 0 saturated heterocycles. The Morgan fingerprint density at radius 1 is 1.41 bits per heavy atom. The summed E-state index contributed by atoms with van der Waals surface area (Å²) in [4.78, 5) is 18.1. The van der Waals surface area contributed by atoms with Crippen molar-refractivity contribution in [1.29, 1.82) is 0 Å². The number of hydrogen-bond acceptors (Lipinski definition) is 3. The number of amides is 1. The second-order valence-corrected chi connectivity index (χ2v) is 6.78. The molecule has 0 aromatic carbocycles. The Hall–Kier alpha value is -2.11. The van der Waals surface area contributed by atoms with Crippen LogP contribution in [0.3, 0.4) is 0 Å². The van der Waals surface area contributed by atoms with Gasteiger partial charge in [-0.25, -0.2) is 14.2 Å². The summed E-state index contributed by atoms with van der Waals surface area (Å²) in [6.45, 7) is 8.55. The standard InChI is InChI=1S/C16H20FN3O2/c1-10-8-19(15(21)22-16(2,3)4)9-13-6-11-5-12(17)7-18-14(11)20(10)13/h5-7,10H,8-9H2,1-4H3/t10-/m1/s1. The monoisotopic (exact) mass is 305 g/mol. The maximum Gasteiger partial charge on any atom is 0.410 e. The summed E-state index contributed by atoms with van der Waals surface area (Å²) in [6, 6.07) is 3.42. The van der Waals surface area contributed by atoms with Gasteiger partial charge in [-0.05, 0) is 39.8 Å². The quantitative estimate of drug-likeness (QED) is 0.748. The van der Waals surface area contributed by atoms with E-state index in [9.17, 15) is 9.18 Å². The third-order valence-corrected chi connectivity index (χ3v) is 3.65. The number of hydrogen-bond donors (Lipinski definition) is 0. The SMILES string of the molecule is C[C@@H]1CN(C(=O)OC(C)(C)C)Cc2cc3cc(F)cnc3n21. The molecular formula is C16H20FN3O2. The van der Waals surface area contributed by atoms with Crippen LogP contribution in [0, 0.1) is 5.82 Å². The Morgan fingerprint density at radius 2 is 2.14 bits per heavy atom. The van der Waals surface area contributed by atoms with Gasteiger partial charge in [0.15, 0.2) is 0 Å². The number of aromatic nitrogens is 2. The minimum absolute atomic E-state index is 0.0618. The van der Waals surface area contributed by atoms with Crippen LogP contribution in [0.25, 0.3) is 11.0 Å². The molecule has 1 aliphatic rings. The van der Waals surface area contributed by atoms with Gasteiger partial charge in [0.05, 0.1) is 18.8 Å². The molecule has 0 fully saturated rings. The van der Waals surface area contributed by atoms with E-state index in [-0.39, 0.29) is 18.0 Å². The predicted molar refractivity (Wildman–Crippen MR) is 81.0 cm³/mol. The highest BCUT2D eigenvalue weighted by Crippen LogP contribution is 2.29. The van der Waals surface area contributed by atoms with Crippen molar-refractivity contribution in [1.82, 2.24) is 14.5 Å². The second-order valence-electron chi connectivity index (χ2n) is 6.78. The molecule has 22 heavy (non-hydrogen) atoms. The fourth-order valence-corrected chi connectivity index (χ4v) is 2.88. The summed E-state index contributed by atoms with van der Waals surface area (Å²) in [5.74, 6) is -0.355. The number of carbonyl (C=O) groups is 1. The van der Waals surface area contributed by atoms with E-state index in [0.29, 0.717) is 13.1 Å². The van der Waals surface area contributed by atoms with E-state index in [1.165, 1.54) is 12.3 Å². The molecule has 2 aromatic heterocycles. The van der Waals surface area contributed by atoms with Gasteiger partial charge in [0.2, 0.25) is 0 Å². The maximum atomic E-state index is 13.3. The number of halogens is 1. The van der Waals surface area contributed by atoms with Crippen molar-refractivity contribution in [2.75, 3.05) is 6.54 Å². The summed E-state index contributed by atoms with van der Waals surface area (Å²) in [6.07, 6.45) is 0.901. The van der Waals surface area contributed by atoms with Crippen LogP contribution in [0.2, 0.25) is 0 Å².